The van der Waals surface area contributed by atoms with Crippen molar-refractivity contribution in [1.82, 2.24) is 10.3 Å². The lowest BCUT2D eigenvalue weighted by atomic mass is 9.87. The summed E-state index contributed by atoms with van der Waals surface area (Å²) in [4.78, 5) is 3.79. The second-order valence-electron chi connectivity index (χ2n) is 4.43. The van der Waals surface area contributed by atoms with Crippen LogP contribution in [-0.2, 0) is 4.74 Å². The molecule has 0 radical (unpaired) electrons. The van der Waals surface area contributed by atoms with E-state index in [1.165, 1.54) is 6.20 Å². The van der Waals surface area contributed by atoms with Gasteiger partial charge in [0.1, 0.15) is 5.82 Å². The molecule has 1 N–H and O–H groups in total. The maximum Gasteiger partial charge on any atom is 0.146 e. The van der Waals surface area contributed by atoms with E-state index < -0.39 is 0 Å². The number of nitrogens with zero attached hydrogens (tertiary/aromatic N) is 1. The Morgan fingerprint density at radius 1 is 1.65 bits per heavy atom. The first-order valence-electron chi connectivity index (χ1n) is 6.16. The van der Waals surface area contributed by atoms with Crippen LogP contribution in [0.1, 0.15) is 31.4 Å². The quantitative estimate of drug-likeness (QED) is 0.874. The van der Waals surface area contributed by atoms with Crippen LogP contribution in [0.2, 0.25) is 0 Å². The molecule has 17 heavy (non-hydrogen) atoms. The smallest absolute Gasteiger partial charge is 0.146 e. The summed E-state index contributed by atoms with van der Waals surface area (Å²) >= 11 is 0. The van der Waals surface area contributed by atoms with Crippen molar-refractivity contribution in [1.29, 1.82) is 0 Å². The van der Waals surface area contributed by atoms with E-state index in [-0.39, 0.29) is 18.0 Å². The van der Waals surface area contributed by atoms with E-state index in [0.29, 0.717) is 11.5 Å². The first-order valence-corrected chi connectivity index (χ1v) is 6.16. The van der Waals surface area contributed by atoms with Crippen molar-refractivity contribution in [3.63, 3.8) is 0 Å². The second-order valence-corrected chi connectivity index (χ2v) is 4.43. The van der Waals surface area contributed by atoms with Gasteiger partial charge < -0.3 is 10.1 Å². The van der Waals surface area contributed by atoms with Gasteiger partial charge in [0.25, 0.3) is 0 Å². The third-order valence-corrected chi connectivity index (χ3v) is 3.54. The molecule has 3 unspecified atom stereocenters. The lowest BCUT2D eigenvalue weighted by Crippen LogP contribution is -2.31. The molecule has 1 saturated heterocycles. The number of hydrogen-bond acceptors (Lipinski definition) is 3. The van der Waals surface area contributed by atoms with Crippen LogP contribution in [-0.4, -0.2) is 24.7 Å². The molecule has 1 aromatic rings. The van der Waals surface area contributed by atoms with E-state index in [9.17, 15) is 4.39 Å². The van der Waals surface area contributed by atoms with E-state index in [2.05, 4.69) is 17.2 Å². The number of ether oxygens (including phenoxy) is 1. The molecule has 3 nitrogen and oxygen atoms in total. The fraction of sp³-hybridized carbons (Fsp3) is 0.615. The first-order chi connectivity index (χ1) is 8.27. The Balaban J connectivity index is 2.24. The Bertz CT molecular complexity index is 372. The zero-order valence-electron chi connectivity index (χ0n) is 10.3. The minimum atomic E-state index is -0.242. The molecule has 2 heterocycles. The molecule has 1 aliphatic rings. The highest BCUT2D eigenvalue weighted by atomic mass is 19.1. The van der Waals surface area contributed by atoms with Gasteiger partial charge in [0.2, 0.25) is 0 Å². The fourth-order valence-electron chi connectivity index (χ4n) is 2.71. The molecule has 1 aromatic heterocycles. The highest BCUT2D eigenvalue weighted by Crippen LogP contribution is 2.35. The largest absolute Gasteiger partial charge is 0.378 e. The van der Waals surface area contributed by atoms with Crippen molar-refractivity contribution >= 4 is 0 Å². The number of pyridine rings is 1. The van der Waals surface area contributed by atoms with Gasteiger partial charge in [-0.3, -0.25) is 4.98 Å². The summed E-state index contributed by atoms with van der Waals surface area (Å²) in [6.45, 7) is 2.88. The molecule has 0 amide bonds. The second kappa shape index (κ2) is 5.56. The Morgan fingerprint density at radius 2 is 2.47 bits per heavy atom. The summed E-state index contributed by atoms with van der Waals surface area (Å²) in [6.07, 6.45) is 5.08. The van der Waals surface area contributed by atoms with Crippen LogP contribution in [0.4, 0.5) is 4.39 Å². The Hall–Kier alpha value is -1.00. The van der Waals surface area contributed by atoms with Gasteiger partial charge in [-0.1, -0.05) is 6.92 Å². The van der Waals surface area contributed by atoms with Crippen LogP contribution in [0.25, 0.3) is 0 Å². The zero-order chi connectivity index (χ0) is 12.3. The lowest BCUT2D eigenvalue weighted by molar-refractivity contribution is 0.0778. The molecule has 0 bridgehead atoms. The zero-order valence-corrected chi connectivity index (χ0v) is 10.3. The van der Waals surface area contributed by atoms with Crippen molar-refractivity contribution in [3.05, 3.63) is 29.8 Å². The number of halogens is 1. The normalized spacial score (nSPS) is 26.1. The van der Waals surface area contributed by atoms with Crippen LogP contribution in [0.3, 0.4) is 0 Å². The Labute approximate surface area is 101 Å². The van der Waals surface area contributed by atoms with Crippen molar-refractivity contribution < 1.29 is 9.13 Å². The number of nitrogens with one attached hydrogen (secondary N) is 1. The Kier molecular flexibility index (Phi) is 4.07. The van der Waals surface area contributed by atoms with Crippen molar-refractivity contribution in [2.45, 2.75) is 31.9 Å². The van der Waals surface area contributed by atoms with Gasteiger partial charge >= 0.3 is 0 Å². The maximum atomic E-state index is 13.8. The van der Waals surface area contributed by atoms with Gasteiger partial charge in [-0.05, 0) is 26.0 Å². The summed E-state index contributed by atoms with van der Waals surface area (Å²) in [5.41, 5.74) is 0.691. The standard InChI is InChI=1S/C13H19FN2O/c1-3-12-10(5-7-17-12)13(15-2)9-4-6-16-8-11(9)14/h4,6,8,10,12-13,15H,3,5,7H2,1-2H3. The van der Waals surface area contributed by atoms with E-state index in [1.54, 1.807) is 12.3 Å². The van der Waals surface area contributed by atoms with Gasteiger partial charge in [0.05, 0.1) is 12.3 Å². The van der Waals surface area contributed by atoms with Crippen LogP contribution >= 0.6 is 0 Å². The summed E-state index contributed by atoms with van der Waals surface area (Å²) in [5, 5.41) is 3.22. The minimum Gasteiger partial charge on any atom is -0.378 e. The highest BCUT2D eigenvalue weighted by Gasteiger charge is 2.34. The van der Waals surface area contributed by atoms with E-state index >= 15 is 0 Å². The molecule has 0 saturated carbocycles. The van der Waals surface area contributed by atoms with Crippen molar-refractivity contribution in [2.75, 3.05) is 13.7 Å². The molecule has 94 valence electrons. The van der Waals surface area contributed by atoms with Gasteiger partial charge in [-0.25, -0.2) is 4.39 Å². The minimum absolute atomic E-state index is 0.00505. The lowest BCUT2D eigenvalue weighted by Gasteiger charge is -2.27. The van der Waals surface area contributed by atoms with E-state index in [0.717, 1.165) is 19.4 Å². The van der Waals surface area contributed by atoms with Gasteiger partial charge in [0, 0.05) is 30.3 Å². The molecular formula is C13H19FN2O. The van der Waals surface area contributed by atoms with Crippen LogP contribution in [0, 0.1) is 11.7 Å². The predicted octanol–water partition coefficient (Wildman–Crippen LogP) is 2.30. The number of hydrogen-bond donors (Lipinski definition) is 1. The van der Waals surface area contributed by atoms with Gasteiger partial charge in [0.15, 0.2) is 0 Å². The summed E-state index contributed by atoms with van der Waals surface area (Å²) in [6, 6.07) is 1.76. The number of aromatic nitrogens is 1. The molecule has 0 spiro atoms. The molecule has 4 heteroatoms. The number of rotatable bonds is 4. The fourth-order valence-corrected chi connectivity index (χ4v) is 2.71. The van der Waals surface area contributed by atoms with Crippen molar-refractivity contribution in [2.24, 2.45) is 5.92 Å². The molecule has 3 atom stereocenters. The highest BCUT2D eigenvalue weighted by molar-refractivity contribution is 5.19. The molecule has 0 aliphatic carbocycles. The SMILES string of the molecule is CCC1OCCC1C(NC)c1ccncc1F. The molecule has 2 rings (SSSR count). The average molecular weight is 238 g/mol. The summed E-state index contributed by atoms with van der Waals surface area (Å²) in [5.74, 6) is 0.0931. The molecule has 0 aromatic carbocycles. The van der Waals surface area contributed by atoms with Crippen LogP contribution < -0.4 is 5.32 Å². The van der Waals surface area contributed by atoms with Gasteiger partial charge in [-0.2, -0.15) is 0 Å². The molecule has 1 fully saturated rings. The monoisotopic (exact) mass is 238 g/mol. The van der Waals surface area contributed by atoms with Gasteiger partial charge in [-0.15, -0.1) is 0 Å². The van der Waals surface area contributed by atoms with E-state index in [4.69, 9.17) is 4.74 Å². The average Bonchev–Trinajstić information content (AvgIpc) is 2.81. The molecular weight excluding hydrogens is 219 g/mol. The van der Waals surface area contributed by atoms with Crippen LogP contribution in [0.5, 0.6) is 0 Å². The third-order valence-electron chi connectivity index (χ3n) is 3.54. The Morgan fingerprint density at radius 3 is 3.12 bits per heavy atom. The third kappa shape index (κ3) is 2.48. The topological polar surface area (TPSA) is 34.1 Å². The van der Waals surface area contributed by atoms with Crippen LogP contribution in [0.15, 0.2) is 18.5 Å². The predicted molar refractivity (Wildman–Crippen MR) is 64.1 cm³/mol. The molecule has 1 aliphatic heterocycles. The summed E-state index contributed by atoms with van der Waals surface area (Å²) in [7, 11) is 1.87. The van der Waals surface area contributed by atoms with Crippen molar-refractivity contribution in [3.8, 4) is 0 Å². The maximum absolute atomic E-state index is 13.8. The van der Waals surface area contributed by atoms with E-state index in [1.807, 2.05) is 7.05 Å². The summed E-state index contributed by atoms with van der Waals surface area (Å²) < 4.78 is 19.4. The first kappa shape index (κ1) is 12.5.